The highest BCUT2D eigenvalue weighted by Gasteiger charge is 2.10. The van der Waals surface area contributed by atoms with Crippen molar-refractivity contribution in [1.29, 1.82) is 0 Å². The van der Waals surface area contributed by atoms with Gasteiger partial charge in [-0.05, 0) is 0 Å². The van der Waals surface area contributed by atoms with E-state index in [-0.39, 0.29) is 12.8 Å². The van der Waals surface area contributed by atoms with Crippen LogP contribution in [0.25, 0.3) is 0 Å². The Morgan fingerprint density at radius 1 is 1.00 bits per heavy atom. The van der Waals surface area contributed by atoms with Crippen LogP contribution in [0.4, 0.5) is 0 Å². The lowest BCUT2D eigenvalue weighted by atomic mass is 10.5. The molecule has 18 heavy (non-hydrogen) atoms. The molecule has 0 aliphatic carbocycles. The topological polar surface area (TPSA) is 74.6 Å². The second-order valence-corrected chi connectivity index (χ2v) is 8.97. The minimum absolute atomic E-state index is 0.110. The van der Waals surface area contributed by atoms with Crippen LogP contribution in [0.15, 0.2) is 8.42 Å². The van der Waals surface area contributed by atoms with Gasteiger partial charge in [-0.3, -0.25) is 9.59 Å². The summed E-state index contributed by atoms with van der Waals surface area (Å²) in [6, 6.07) is 0. The Kier molecular flexibility index (Phi) is 7.23. The maximum absolute atomic E-state index is 10.4. The van der Waals surface area contributed by atoms with Crippen LogP contribution in [-0.2, 0) is 9.59 Å². The van der Waals surface area contributed by atoms with E-state index in [0.717, 1.165) is 11.6 Å². The summed E-state index contributed by atoms with van der Waals surface area (Å²) in [5.41, 5.74) is 0. The standard InChI is InChI=1S/C9H10O4S5/c10-5(11)1-3-15-7-8(18-9(14)17-7)16-4-2-6(12)13/h1-4H2,(H,10,11)(H,12,13). The average Bonchev–Trinajstić information content (AvgIpc) is 2.58. The average molecular weight is 343 g/mol. The Balaban J connectivity index is 2.53. The van der Waals surface area contributed by atoms with Crippen LogP contribution >= 0.6 is 58.4 Å². The van der Waals surface area contributed by atoms with Gasteiger partial charge in [0, 0.05) is 11.5 Å². The third-order valence-electron chi connectivity index (χ3n) is 1.62. The Bertz CT molecular complexity index is 437. The summed E-state index contributed by atoms with van der Waals surface area (Å²) in [6.07, 6.45) is 0.221. The van der Waals surface area contributed by atoms with Crippen LogP contribution in [-0.4, -0.2) is 33.7 Å². The molecule has 0 atom stereocenters. The van der Waals surface area contributed by atoms with E-state index in [0.29, 0.717) is 11.5 Å². The molecule has 0 amide bonds. The molecular formula is C9H10O4S5. The summed E-state index contributed by atoms with van der Waals surface area (Å²) >= 11 is 11.0. The fraction of sp³-hybridized carbons (Fsp3) is 0.444. The Labute approximate surface area is 125 Å². The first-order chi connectivity index (χ1) is 8.49. The highest BCUT2D eigenvalue weighted by Crippen LogP contribution is 2.40. The van der Waals surface area contributed by atoms with Gasteiger partial charge in [-0.15, -0.1) is 46.2 Å². The molecule has 4 nitrogen and oxygen atoms in total. The van der Waals surface area contributed by atoms with Crippen LogP contribution < -0.4 is 0 Å². The maximum atomic E-state index is 10.4. The quantitative estimate of drug-likeness (QED) is 0.551. The van der Waals surface area contributed by atoms with Crippen LogP contribution in [0.1, 0.15) is 12.8 Å². The van der Waals surface area contributed by atoms with Gasteiger partial charge in [-0.2, -0.15) is 0 Å². The molecule has 2 N–H and O–H groups in total. The Morgan fingerprint density at radius 2 is 1.39 bits per heavy atom. The molecule has 1 rings (SSSR count). The molecule has 1 aromatic heterocycles. The van der Waals surface area contributed by atoms with Gasteiger partial charge in [0.2, 0.25) is 0 Å². The molecule has 0 aliphatic heterocycles. The first-order valence-corrected chi connectivity index (χ1v) is 8.83. The lowest BCUT2D eigenvalue weighted by Crippen LogP contribution is -1.96. The van der Waals surface area contributed by atoms with Crippen molar-refractivity contribution in [2.24, 2.45) is 0 Å². The van der Waals surface area contributed by atoms with Gasteiger partial charge in [0.25, 0.3) is 0 Å². The zero-order valence-electron chi connectivity index (χ0n) is 9.08. The van der Waals surface area contributed by atoms with E-state index in [1.54, 1.807) is 0 Å². The minimum atomic E-state index is -0.818. The number of carbonyl (C=O) groups is 2. The van der Waals surface area contributed by atoms with E-state index < -0.39 is 11.9 Å². The molecule has 9 heteroatoms. The molecule has 0 saturated carbocycles. The smallest absolute Gasteiger partial charge is 0.304 e. The Morgan fingerprint density at radius 3 is 1.72 bits per heavy atom. The van der Waals surface area contributed by atoms with Gasteiger partial charge in [-0.25, -0.2) is 0 Å². The molecule has 0 bridgehead atoms. The van der Waals surface area contributed by atoms with Crippen molar-refractivity contribution >= 4 is 70.4 Å². The Hall–Kier alpha value is -0.0900. The van der Waals surface area contributed by atoms with Gasteiger partial charge in [-0.1, -0.05) is 12.2 Å². The zero-order valence-corrected chi connectivity index (χ0v) is 13.2. The number of rotatable bonds is 8. The van der Waals surface area contributed by atoms with Crippen LogP contribution in [0, 0.1) is 3.14 Å². The third-order valence-corrected chi connectivity index (χ3v) is 7.20. The van der Waals surface area contributed by atoms with Gasteiger partial charge < -0.3 is 10.2 Å². The first kappa shape index (κ1) is 16.0. The lowest BCUT2D eigenvalue weighted by Gasteiger charge is -2.00. The summed E-state index contributed by atoms with van der Waals surface area (Å²) < 4.78 is 2.79. The summed E-state index contributed by atoms with van der Waals surface area (Å²) in [6.45, 7) is 0. The SMILES string of the molecule is O=C(O)CCSc1sc(=S)sc1SCCC(=O)O. The molecule has 100 valence electrons. The highest BCUT2D eigenvalue weighted by molar-refractivity contribution is 8.05. The number of carboxylic acid groups (broad SMARTS) is 2. The molecule has 0 saturated heterocycles. The number of hydrogen-bond donors (Lipinski definition) is 2. The number of aliphatic carboxylic acids is 2. The molecule has 0 unspecified atom stereocenters. The van der Waals surface area contributed by atoms with Crippen molar-refractivity contribution in [3.8, 4) is 0 Å². The van der Waals surface area contributed by atoms with Crippen molar-refractivity contribution in [3.05, 3.63) is 3.14 Å². The predicted molar refractivity (Wildman–Crippen MR) is 79.0 cm³/mol. The summed E-state index contributed by atoms with van der Waals surface area (Å²) in [5.74, 6) is -0.629. The van der Waals surface area contributed by atoms with Crippen LogP contribution in [0.3, 0.4) is 0 Å². The fourth-order valence-electron chi connectivity index (χ4n) is 0.894. The van der Waals surface area contributed by atoms with Crippen molar-refractivity contribution < 1.29 is 19.8 Å². The van der Waals surface area contributed by atoms with E-state index >= 15 is 0 Å². The summed E-state index contributed by atoms with van der Waals surface area (Å²) in [7, 11) is 0. The highest BCUT2D eigenvalue weighted by atomic mass is 32.2. The van der Waals surface area contributed by atoms with Crippen molar-refractivity contribution in [2.75, 3.05) is 11.5 Å². The number of hydrogen-bond acceptors (Lipinski definition) is 7. The van der Waals surface area contributed by atoms with Gasteiger partial charge in [0.1, 0.15) is 3.14 Å². The second kappa shape index (κ2) is 8.16. The molecule has 1 aromatic rings. The van der Waals surface area contributed by atoms with Gasteiger partial charge in [0.05, 0.1) is 21.3 Å². The van der Waals surface area contributed by atoms with Gasteiger partial charge >= 0.3 is 11.9 Å². The molecule has 0 radical (unpaired) electrons. The third kappa shape index (κ3) is 6.19. The molecule has 0 spiro atoms. The van der Waals surface area contributed by atoms with Crippen molar-refractivity contribution in [1.82, 2.24) is 0 Å². The first-order valence-electron chi connectivity index (χ1n) is 4.82. The molecule has 1 heterocycles. The number of carboxylic acids is 2. The summed E-state index contributed by atoms with van der Waals surface area (Å²) in [5, 5.41) is 17.1. The van der Waals surface area contributed by atoms with E-state index in [1.807, 2.05) is 0 Å². The number of thioether (sulfide) groups is 2. The normalized spacial score (nSPS) is 10.4. The molecule has 0 aromatic carbocycles. The van der Waals surface area contributed by atoms with E-state index in [4.69, 9.17) is 22.4 Å². The largest absolute Gasteiger partial charge is 0.481 e. The van der Waals surface area contributed by atoms with Crippen LogP contribution in [0.2, 0.25) is 0 Å². The zero-order chi connectivity index (χ0) is 13.5. The van der Waals surface area contributed by atoms with E-state index in [9.17, 15) is 9.59 Å². The minimum Gasteiger partial charge on any atom is -0.481 e. The predicted octanol–water partition coefficient (Wildman–Crippen LogP) is 3.67. The van der Waals surface area contributed by atoms with Crippen molar-refractivity contribution in [3.63, 3.8) is 0 Å². The summed E-state index contributed by atoms with van der Waals surface area (Å²) in [4.78, 5) is 20.9. The molecule has 0 fully saturated rings. The monoisotopic (exact) mass is 342 g/mol. The lowest BCUT2D eigenvalue weighted by molar-refractivity contribution is -0.137. The van der Waals surface area contributed by atoms with Crippen LogP contribution in [0.5, 0.6) is 0 Å². The molecular weight excluding hydrogens is 332 g/mol. The van der Waals surface area contributed by atoms with Crippen molar-refractivity contribution in [2.45, 2.75) is 21.3 Å². The fourth-order valence-corrected chi connectivity index (χ4v) is 7.00. The maximum Gasteiger partial charge on any atom is 0.304 e. The second-order valence-electron chi connectivity index (χ2n) is 3.01. The van der Waals surface area contributed by atoms with E-state index in [1.165, 1.54) is 46.2 Å². The van der Waals surface area contributed by atoms with E-state index in [2.05, 4.69) is 0 Å². The molecule has 0 aliphatic rings. The van der Waals surface area contributed by atoms with Gasteiger partial charge in [0.15, 0.2) is 0 Å².